The summed E-state index contributed by atoms with van der Waals surface area (Å²) >= 11 is 0. The molecule has 1 heterocycles. The highest BCUT2D eigenvalue weighted by Gasteiger charge is 2.10. The largest absolute Gasteiger partial charge is 0.388 e. The van der Waals surface area contributed by atoms with Crippen LogP contribution in [-0.2, 0) is 13.1 Å². The van der Waals surface area contributed by atoms with Gasteiger partial charge < -0.3 is 15.0 Å². The molecule has 0 fully saturated rings. The Hall–Kier alpha value is -1.84. The van der Waals surface area contributed by atoms with Crippen molar-refractivity contribution in [1.29, 1.82) is 0 Å². The number of quaternary nitrogens is 1. The summed E-state index contributed by atoms with van der Waals surface area (Å²) in [6.07, 6.45) is -0.254. The molecular formula is C18H23N2O+. The number of aryl methyl sites for hydroxylation is 1. The second-order valence-electron chi connectivity index (χ2n) is 5.69. The molecule has 0 spiro atoms. The zero-order valence-electron chi connectivity index (χ0n) is 12.7. The van der Waals surface area contributed by atoms with E-state index in [9.17, 15) is 5.11 Å². The first-order chi connectivity index (χ1) is 10.2. The van der Waals surface area contributed by atoms with Crippen molar-refractivity contribution in [3.63, 3.8) is 0 Å². The first-order valence-electron chi connectivity index (χ1n) is 7.70. The second-order valence-corrected chi connectivity index (χ2v) is 5.69. The van der Waals surface area contributed by atoms with Crippen LogP contribution < -0.4 is 5.32 Å². The fourth-order valence-corrected chi connectivity index (χ4v) is 3.06. The van der Waals surface area contributed by atoms with E-state index in [1.54, 1.807) is 0 Å². The summed E-state index contributed by atoms with van der Waals surface area (Å²) in [6.45, 7) is 6.66. The number of aliphatic hydroxyl groups excluding tert-OH is 1. The van der Waals surface area contributed by atoms with Gasteiger partial charge in [-0.05, 0) is 32.0 Å². The lowest BCUT2D eigenvalue weighted by molar-refractivity contribution is -0.676. The zero-order valence-corrected chi connectivity index (χ0v) is 12.7. The number of fused-ring (bicyclic) bond motifs is 3. The van der Waals surface area contributed by atoms with E-state index >= 15 is 0 Å². The van der Waals surface area contributed by atoms with Gasteiger partial charge in [0, 0.05) is 33.9 Å². The number of para-hydroxylation sites is 1. The topological polar surface area (TPSA) is 41.8 Å². The third-order valence-corrected chi connectivity index (χ3v) is 4.04. The summed E-state index contributed by atoms with van der Waals surface area (Å²) in [7, 11) is 0. The fraction of sp³-hybridized carbons (Fsp3) is 0.333. The summed E-state index contributed by atoms with van der Waals surface area (Å²) in [4.78, 5) is 0. The number of aromatic nitrogens is 1. The van der Waals surface area contributed by atoms with E-state index in [0.717, 1.165) is 19.6 Å². The van der Waals surface area contributed by atoms with E-state index in [1.807, 2.05) is 6.92 Å². The number of nitrogens with zero attached hydrogens (tertiary/aromatic N) is 1. The van der Waals surface area contributed by atoms with E-state index in [0.29, 0.717) is 0 Å². The molecule has 0 aliphatic carbocycles. The van der Waals surface area contributed by atoms with Crippen molar-refractivity contribution >= 4 is 21.8 Å². The SMILES string of the molecule is CCn1c2ccccc2c2cc(C[NH2+]C[C@H](C)O)ccc21. The molecule has 0 saturated carbocycles. The van der Waals surface area contributed by atoms with Gasteiger partial charge in [-0.2, -0.15) is 0 Å². The van der Waals surface area contributed by atoms with Crippen LogP contribution in [0, 0.1) is 0 Å². The highest BCUT2D eigenvalue weighted by molar-refractivity contribution is 6.08. The van der Waals surface area contributed by atoms with Gasteiger partial charge in [0.25, 0.3) is 0 Å². The predicted octanol–water partition coefficient (Wildman–Crippen LogP) is 2.26. The van der Waals surface area contributed by atoms with E-state index < -0.39 is 0 Å². The van der Waals surface area contributed by atoms with Crippen molar-refractivity contribution in [3.8, 4) is 0 Å². The molecule has 0 aliphatic heterocycles. The lowest BCUT2D eigenvalue weighted by atomic mass is 10.1. The molecule has 0 amide bonds. The Morgan fingerprint density at radius 2 is 1.86 bits per heavy atom. The maximum absolute atomic E-state index is 9.34. The van der Waals surface area contributed by atoms with Crippen molar-refractivity contribution in [1.82, 2.24) is 4.57 Å². The third kappa shape index (κ3) is 2.67. The van der Waals surface area contributed by atoms with Crippen LogP contribution in [0.2, 0.25) is 0 Å². The van der Waals surface area contributed by atoms with Gasteiger partial charge in [-0.3, -0.25) is 0 Å². The second kappa shape index (κ2) is 5.88. The summed E-state index contributed by atoms with van der Waals surface area (Å²) < 4.78 is 2.37. The highest BCUT2D eigenvalue weighted by atomic mass is 16.3. The highest BCUT2D eigenvalue weighted by Crippen LogP contribution is 2.29. The van der Waals surface area contributed by atoms with Gasteiger partial charge in [0.1, 0.15) is 13.1 Å². The first-order valence-corrected chi connectivity index (χ1v) is 7.70. The molecule has 0 saturated heterocycles. The molecule has 0 radical (unpaired) electrons. The van der Waals surface area contributed by atoms with Gasteiger partial charge in [-0.25, -0.2) is 0 Å². The Morgan fingerprint density at radius 1 is 1.10 bits per heavy atom. The van der Waals surface area contributed by atoms with Crippen LogP contribution in [-0.4, -0.2) is 22.3 Å². The quantitative estimate of drug-likeness (QED) is 0.741. The molecule has 1 atom stereocenters. The minimum Gasteiger partial charge on any atom is -0.388 e. The van der Waals surface area contributed by atoms with Gasteiger partial charge in [0.2, 0.25) is 0 Å². The van der Waals surface area contributed by atoms with Crippen molar-refractivity contribution in [3.05, 3.63) is 48.0 Å². The molecule has 0 aliphatic rings. The molecule has 2 aromatic carbocycles. The van der Waals surface area contributed by atoms with Gasteiger partial charge >= 0.3 is 0 Å². The van der Waals surface area contributed by atoms with Crippen LogP contribution in [0.25, 0.3) is 21.8 Å². The number of aliphatic hydroxyl groups is 1. The minimum absolute atomic E-state index is 0.254. The number of hydrogen-bond donors (Lipinski definition) is 2. The van der Waals surface area contributed by atoms with Crippen LogP contribution in [0.15, 0.2) is 42.5 Å². The minimum atomic E-state index is -0.254. The fourth-order valence-electron chi connectivity index (χ4n) is 3.06. The molecule has 0 bridgehead atoms. The molecule has 0 unspecified atom stereocenters. The summed E-state index contributed by atoms with van der Waals surface area (Å²) in [5.41, 5.74) is 3.92. The number of hydrogen-bond acceptors (Lipinski definition) is 1. The molecule has 110 valence electrons. The smallest absolute Gasteiger partial charge is 0.102 e. The monoisotopic (exact) mass is 283 g/mol. The Balaban J connectivity index is 2.02. The first kappa shape index (κ1) is 14.1. The van der Waals surface area contributed by atoms with Gasteiger partial charge in [0.15, 0.2) is 0 Å². The number of benzene rings is 2. The van der Waals surface area contributed by atoms with Crippen molar-refractivity contribution in [2.45, 2.75) is 33.0 Å². The molecule has 3 nitrogen and oxygen atoms in total. The standard InChI is InChI=1S/C18H22N2O/c1-3-20-17-7-5-4-6-15(17)16-10-14(8-9-18(16)20)12-19-11-13(2)21/h4-10,13,19,21H,3,11-12H2,1-2H3/p+1/t13-/m0/s1. The van der Waals surface area contributed by atoms with Crippen molar-refractivity contribution in [2.75, 3.05) is 6.54 Å². The van der Waals surface area contributed by atoms with Crippen LogP contribution >= 0.6 is 0 Å². The average molecular weight is 283 g/mol. The summed E-state index contributed by atoms with van der Waals surface area (Å²) in [5.74, 6) is 0. The van der Waals surface area contributed by atoms with Crippen LogP contribution in [0.4, 0.5) is 0 Å². The van der Waals surface area contributed by atoms with E-state index in [2.05, 4.69) is 59.3 Å². The molecular weight excluding hydrogens is 260 g/mol. The average Bonchev–Trinajstić information content (AvgIpc) is 2.80. The van der Waals surface area contributed by atoms with Gasteiger partial charge in [0.05, 0.1) is 6.10 Å². The Labute approximate surface area is 125 Å². The zero-order chi connectivity index (χ0) is 14.8. The third-order valence-electron chi connectivity index (χ3n) is 4.04. The van der Waals surface area contributed by atoms with Crippen molar-refractivity contribution < 1.29 is 10.4 Å². The molecule has 3 N–H and O–H groups in total. The molecule has 3 rings (SSSR count). The number of rotatable bonds is 5. The van der Waals surface area contributed by atoms with Crippen LogP contribution in [0.3, 0.4) is 0 Å². The van der Waals surface area contributed by atoms with E-state index in [4.69, 9.17) is 0 Å². The summed E-state index contributed by atoms with van der Waals surface area (Å²) in [6, 6.07) is 15.3. The van der Waals surface area contributed by atoms with Crippen LogP contribution in [0.5, 0.6) is 0 Å². The van der Waals surface area contributed by atoms with Crippen LogP contribution in [0.1, 0.15) is 19.4 Å². The van der Waals surface area contributed by atoms with E-state index in [1.165, 1.54) is 27.4 Å². The predicted molar refractivity (Wildman–Crippen MR) is 87.3 cm³/mol. The Bertz CT molecular complexity index is 758. The molecule has 3 aromatic rings. The van der Waals surface area contributed by atoms with Crippen molar-refractivity contribution in [2.24, 2.45) is 0 Å². The lowest BCUT2D eigenvalue weighted by Crippen LogP contribution is -2.84. The maximum atomic E-state index is 9.34. The molecule has 21 heavy (non-hydrogen) atoms. The maximum Gasteiger partial charge on any atom is 0.102 e. The van der Waals surface area contributed by atoms with Gasteiger partial charge in [-0.1, -0.05) is 24.3 Å². The van der Waals surface area contributed by atoms with E-state index in [-0.39, 0.29) is 6.10 Å². The van der Waals surface area contributed by atoms with Gasteiger partial charge in [-0.15, -0.1) is 0 Å². The number of nitrogens with two attached hydrogens (primary N) is 1. The Morgan fingerprint density at radius 3 is 2.62 bits per heavy atom. The summed E-state index contributed by atoms with van der Waals surface area (Å²) in [5, 5.41) is 14.2. The normalized spacial score (nSPS) is 13.1. The molecule has 3 heteroatoms. The lowest BCUT2D eigenvalue weighted by Gasteiger charge is -2.05. The Kier molecular flexibility index (Phi) is 3.95. The molecule has 1 aromatic heterocycles.